The summed E-state index contributed by atoms with van der Waals surface area (Å²) in [5, 5.41) is 16.4. The number of nitrogens with zero attached hydrogens (tertiary/aromatic N) is 2. The van der Waals surface area contributed by atoms with Crippen LogP contribution in [0.25, 0.3) is 0 Å². The van der Waals surface area contributed by atoms with Crippen molar-refractivity contribution in [3.05, 3.63) is 59.5 Å². The van der Waals surface area contributed by atoms with E-state index in [9.17, 15) is 5.11 Å². The quantitative estimate of drug-likeness (QED) is 0.297. The second-order valence-electron chi connectivity index (χ2n) is 6.90. The number of hydrogen-bond donors (Lipinski definition) is 3. The molecule has 0 saturated carbocycles. The first kappa shape index (κ1) is 22.7. The van der Waals surface area contributed by atoms with Crippen molar-refractivity contribution in [3.63, 3.8) is 0 Å². The van der Waals surface area contributed by atoms with Crippen LogP contribution in [0.2, 0.25) is 0 Å². The lowest BCUT2D eigenvalue weighted by molar-refractivity contribution is 0.174. The van der Waals surface area contributed by atoms with Gasteiger partial charge in [0.05, 0.1) is 18.9 Å². The summed E-state index contributed by atoms with van der Waals surface area (Å²) < 4.78 is 5.37. The summed E-state index contributed by atoms with van der Waals surface area (Å²) in [6.45, 7) is 6.86. The Bertz CT molecular complexity index is 721. The molecule has 1 aromatic heterocycles. The predicted molar refractivity (Wildman–Crippen MR) is 123 cm³/mol. The van der Waals surface area contributed by atoms with Gasteiger partial charge in [-0.25, -0.2) is 4.99 Å². The molecule has 1 saturated heterocycles. The lowest BCUT2D eigenvalue weighted by atomic mass is 10.1. The molecule has 1 aromatic carbocycles. The average molecular weight is 498 g/mol. The number of nitrogens with one attached hydrogen (secondary N) is 2. The van der Waals surface area contributed by atoms with Gasteiger partial charge in [0.1, 0.15) is 5.76 Å². The lowest BCUT2D eigenvalue weighted by Crippen LogP contribution is -2.38. The molecule has 1 aliphatic heterocycles. The van der Waals surface area contributed by atoms with Crippen LogP contribution in [-0.4, -0.2) is 48.2 Å². The van der Waals surface area contributed by atoms with Crippen LogP contribution in [0.3, 0.4) is 0 Å². The van der Waals surface area contributed by atoms with Crippen LogP contribution in [0.4, 0.5) is 0 Å². The predicted octanol–water partition coefficient (Wildman–Crippen LogP) is 2.76. The first-order valence-electron chi connectivity index (χ1n) is 9.76. The van der Waals surface area contributed by atoms with E-state index in [4.69, 9.17) is 9.41 Å². The van der Waals surface area contributed by atoms with Crippen molar-refractivity contribution in [2.45, 2.75) is 39.0 Å². The first-order chi connectivity index (χ1) is 13.2. The van der Waals surface area contributed by atoms with Crippen LogP contribution in [0.1, 0.15) is 30.2 Å². The third-order valence-electron chi connectivity index (χ3n) is 4.76. The summed E-state index contributed by atoms with van der Waals surface area (Å²) in [6.07, 6.45) is 3.20. The number of aliphatic hydroxyl groups excluding tert-OH is 1. The van der Waals surface area contributed by atoms with Crippen LogP contribution in [-0.2, 0) is 19.5 Å². The van der Waals surface area contributed by atoms with Gasteiger partial charge >= 0.3 is 0 Å². The Kier molecular flexibility index (Phi) is 9.80. The second-order valence-corrected chi connectivity index (χ2v) is 6.90. The molecule has 1 atom stereocenters. The molecule has 3 rings (SSSR count). The van der Waals surface area contributed by atoms with Crippen LogP contribution in [0.15, 0.2) is 52.1 Å². The SMILES string of the molecule is CCNC(=NCc1ccccc1CN1CCC(O)C1)NCCc1ccco1.I. The largest absolute Gasteiger partial charge is 0.469 e. The zero-order chi connectivity index (χ0) is 18.9. The van der Waals surface area contributed by atoms with Gasteiger partial charge < -0.3 is 20.2 Å². The molecular formula is C21H31IN4O2. The zero-order valence-corrected chi connectivity index (χ0v) is 18.8. The molecule has 0 aliphatic carbocycles. The smallest absolute Gasteiger partial charge is 0.191 e. The summed E-state index contributed by atoms with van der Waals surface area (Å²) in [6, 6.07) is 12.3. The van der Waals surface area contributed by atoms with Crippen LogP contribution >= 0.6 is 24.0 Å². The highest BCUT2D eigenvalue weighted by Crippen LogP contribution is 2.17. The van der Waals surface area contributed by atoms with E-state index in [1.165, 1.54) is 11.1 Å². The minimum atomic E-state index is -0.186. The molecule has 28 heavy (non-hydrogen) atoms. The standard InChI is InChI=1S/C21H30N4O2.HI/c1-2-22-21(23-11-9-20-8-5-13-27-20)24-14-17-6-3-4-7-18(17)15-25-12-10-19(26)16-25;/h3-8,13,19,26H,2,9-12,14-16H2,1H3,(H2,22,23,24);1H. The molecule has 0 radical (unpaired) electrons. The highest BCUT2D eigenvalue weighted by atomic mass is 127. The van der Waals surface area contributed by atoms with Gasteiger partial charge in [-0.3, -0.25) is 4.90 Å². The van der Waals surface area contributed by atoms with Gasteiger partial charge in [-0.05, 0) is 36.6 Å². The number of aliphatic imine (C=N–C) groups is 1. The van der Waals surface area contributed by atoms with Crippen molar-refractivity contribution in [1.82, 2.24) is 15.5 Å². The maximum atomic E-state index is 9.75. The van der Waals surface area contributed by atoms with E-state index in [2.05, 4.69) is 46.7 Å². The second kappa shape index (κ2) is 12.1. The first-order valence-corrected chi connectivity index (χ1v) is 9.76. The van der Waals surface area contributed by atoms with Crippen molar-refractivity contribution in [1.29, 1.82) is 0 Å². The number of hydrogen-bond acceptors (Lipinski definition) is 4. The summed E-state index contributed by atoms with van der Waals surface area (Å²) in [4.78, 5) is 7.05. The molecule has 1 fully saturated rings. The number of halogens is 1. The van der Waals surface area contributed by atoms with Crippen molar-refractivity contribution in [3.8, 4) is 0 Å². The Morgan fingerprint density at radius 1 is 1.21 bits per heavy atom. The summed E-state index contributed by atoms with van der Waals surface area (Å²) >= 11 is 0. The van der Waals surface area contributed by atoms with E-state index < -0.39 is 0 Å². The van der Waals surface area contributed by atoms with Crippen LogP contribution in [0, 0.1) is 0 Å². The Balaban J connectivity index is 0.00000280. The van der Waals surface area contributed by atoms with Crippen molar-refractivity contribution < 1.29 is 9.52 Å². The van der Waals surface area contributed by atoms with Gasteiger partial charge in [-0.1, -0.05) is 24.3 Å². The third kappa shape index (κ3) is 7.10. The maximum Gasteiger partial charge on any atom is 0.191 e. The Morgan fingerprint density at radius 2 is 2.04 bits per heavy atom. The van der Waals surface area contributed by atoms with E-state index in [1.54, 1.807) is 6.26 Å². The Labute approximate surface area is 184 Å². The van der Waals surface area contributed by atoms with Crippen molar-refractivity contribution in [2.24, 2.45) is 4.99 Å². The molecule has 0 spiro atoms. The Morgan fingerprint density at radius 3 is 2.71 bits per heavy atom. The molecule has 0 bridgehead atoms. The number of β-amino-alcohol motifs (C(OH)–C–C–N with tert-alkyl or cyclic N) is 1. The number of likely N-dealkylation sites (tertiary alicyclic amines) is 1. The Hall–Kier alpha value is -1.58. The minimum Gasteiger partial charge on any atom is -0.469 e. The van der Waals surface area contributed by atoms with Crippen molar-refractivity contribution in [2.75, 3.05) is 26.2 Å². The molecule has 2 aromatic rings. The molecule has 154 valence electrons. The fourth-order valence-corrected chi connectivity index (χ4v) is 3.33. The number of rotatable bonds is 8. The molecule has 3 N–H and O–H groups in total. The average Bonchev–Trinajstić information content (AvgIpc) is 3.32. The number of aliphatic hydroxyl groups is 1. The van der Waals surface area contributed by atoms with Gasteiger partial charge in [0.15, 0.2) is 5.96 Å². The van der Waals surface area contributed by atoms with E-state index >= 15 is 0 Å². The van der Waals surface area contributed by atoms with E-state index in [-0.39, 0.29) is 30.1 Å². The molecule has 1 unspecified atom stereocenters. The zero-order valence-electron chi connectivity index (χ0n) is 16.4. The lowest BCUT2D eigenvalue weighted by Gasteiger charge is -2.17. The van der Waals surface area contributed by atoms with Gasteiger partial charge in [0, 0.05) is 39.1 Å². The fourth-order valence-electron chi connectivity index (χ4n) is 3.33. The summed E-state index contributed by atoms with van der Waals surface area (Å²) in [5.41, 5.74) is 2.50. The van der Waals surface area contributed by atoms with E-state index in [1.807, 2.05) is 12.1 Å². The normalized spacial score (nSPS) is 17.4. The maximum absolute atomic E-state index is 9.75. The molecular weight excluding hydrogens is 467 g/mol. The van der Waals surface area contributed by atoms with Gasteiger partial charge in [0.25, 0.3) is 0 Å². The summed E-state index contributed by atoms with van der Waals surface area (Å²) in [7, 11) is 0. The monoisotopic (exact) mass is 498 g/mol. The third-order valence-corrected chi connectivity index (χ3v) is 4.76. The number of benzene rings is 1. The minimum absolute atomic E-state index is 0. The molecule has 1 aliphatic rings. The fraction of sp³-hybridized carbons (Fsp3) is 0.476. The van der Waals surface area contributed by atoms with Crippen molar-refractivity contribution >= 4 is 29.9 Å². The van der Waals surface area contributed by atoms with Crippen LogP contribution < -0.4 is 10.6 Å². The van der Waals surface area contributed by atoms with Gasteiger partial charge in [-0.2, -0.15) is 0 Å². The number of furan rings is 1. The van der Waals surface area contributed by atoms with Gasteiger partial charge in [0.2, 0.25) is 0 Å². The summed E-state index contributed by atoms with van der Waals surface area (Å²) in [5.74, 6) is 1.78. The highest BCUT2D eigenvalue weighted by Gasteiger charge is 2.20. The van der Waals surface area contributed by atoms with Gasteiger partial charge in [-0.15, -0.1) is 24.0 Å². The topological polar surface area (TPSA) is 73.0 Å². The molecule has 2 heterocycles. The molecule has 6 nitrogen and oxygen atoms in total. The van der Waals surface area contributed by atoms with E-state index in [0.29, 0.717) is 6.54 Å². The number of guanidine groups is 1. The molecule has 0 amide bonds. The van der Waals surface area contributed by atoms with E-state index in [0.717, 1.165) is 57.3 Å². The molecule has 7 heteroatoms. The van der Waals surface area contributed by atoms with Crippen LogP contribution in [0.5, 0.6) is 0 Å². The highest BCUT2D eigenvalue weighted by molar-refractivity contribution is 14.0.